The van der Waals surface area contributed by atoms with E-state index in [1.54, 1.807) is 0 Å². The van der Waals surface area contributed by atoms with Gasteiger partial charge in [-0.1, -0.05) is 0 Å². The molecule has 0 radical (unpaired) electrons. The molecule has 1 aliphatic carbocycles. The molecular weight excluding hydrogens is 264 g/mol. The molecule has 6 nitrogen and oxygen atoms in total. The average Bonchev–Trinajstić information content (AvgIpc) is 2.73. The van der Waals surface area contributed by atoms with Gasteiger partial charge < -0.3 is 10.8 Å². The van der Waals surface area contributed by atoms with Gasteiger partial charge in [0.15, 0.2) is 0 Å². The zero-order chi connectivity index (χ0) is 12.6. The van der Waals surface area contributed by atoms with E-state index >= 15 is 0 Å². The lowest BCUT2D eigenvalue weighted by Crippen LogP contribution is -2.54. The Morgan fingerprint density at radius 3 is 2.71 bits per heavy atom. The van der Waals surface area contributed by atoms with Crippen molar-refractivity contribution in [1.82, 2.24) is 4.72 Å². The van der Waals surface area contributed by atoms with Crippen molar-refractivity contribution in [1.29, 1.82) is 0 Å². The number of thiophene rings is 1. The monoisotopic (exact) mass is 276 g/mol. The van der Waals surface area contributed by atoms with Gasteiger partial charge in [-0.2, -0.15) is 0 Å². The SMILES string of the molecule is N[C@@H]1CC[C@@H]1NS(=O)(=O)c1ccsc1C(=O)O. The van der Waals surface area contributed by atoms with Gasteiger partial charge in [-0.3, -0.25) is 0 Å². The summed E-state index contributed by atoms with van der Waals surface area (Å²) in [6.07, 6.45) is 1.47. The van der Waals surface area contributed by atoms with Crippen molar-refractivity contribution in [2.45, 2.75) is 29.8 Å². The van der Waals surface area contributed by atoms with Gasteiger partial charge in [0.25, 0.3) is 0 Å². The Balaban J connectivity index is 2.25. The minimum absolute atomic E-state index is 0.176. The molecule has 0 aromatic carbocycles. The molecule has 0 saturated heterocycles. The van der Waals surface area contributed by atoms with Gasteiger partial charge in [0, 0.05) is 12.1 Å². The summed E-state index contributed by atoms with van der Waals surface area (Å²) in [7, 11) is -3.79. The number of carbonyl (C=O) groups is 1. The molecule has 1 fully saturated rings. The highest BCUT2D eigenvalue weighted by atomic mass is 32.2. The van der Waals surface area contributed by atoms with Crippen molar-refractivity contribution in [3.8, 4) is 0 Å². The van der Waals surface area contributed by atoms with Crippen LogP contribution in [0.3, 0.4) is 0 Å². The third-order valence-electron chi connectivity index (χ3n) is 2.75. The first kappa shape index (κ1) is 12.5. The number of hydrogen-bond donors (Lipinski definition) is 3. The maximum absolute atomic E-state index is 11.9. The van der Waals surface area contributed by atoms with Gasteiger partial charge in [0.2, 0.25) is 10.0 Å². The van der Waals surface area contributed by atoms with Gasteiger partial charge in [-0.15, -0.1) is 11.3 Å². The van der Waals surface area contributed by atoms with Gasteiger partial charge in [-0.25, -0.2) is 17.9 Å². The van der Waals surface area contributed by atoms with E-state index in [4.69, 9.17) is 10.8 Å². The quantitative estimate of drug-likeness (QED) is 0.728. The molecule has 94 valence electrons. The smallest absolute Gasteiger partial charge is 0.347 e. The second-order valence-corrected chi connectivity index (χ2v) is 6.49. The molecule has 8 heteroatoms. The third kappa shape index (κ3) is 2.34. The number of rotatable bonds is 4. The highest BCUT2D eigenvalue weighted by Crippen LogP contribution is 2.25. The van der Waals surface area contributed by atoms with Crippen LogP contribution in [-0.2, 0) is 10.0 Å². The Hall–Kier alpha value is -0.960. The van der Waals surface area contributed by atoms with E-state index in [1.165, 1.54) is 11.4 Å². The molecule has 1 aromatic heterocycles. The largest absolute Gasteiger partial charge is 0.477 e. The van der Waals surface area contributed by atoms with Crippen molar-refractivity contribution < 1.29 is 18.3 Å². The predicted octanol–water partition coefficient (Wildman–Crippen LogP) is 0.214. The van der Waals surface area contributed by atoms with E-state index in [2.05, 4.69) is 4.72 Å². The van der Waals surface area contributed by atoms with Crippen LogP contribution < -0.4 is 10.5 Å². The fourth-order valence-electron chi connectivity index (χ4n) is 1.60. The van der Waals surface area contributed by atoms with Gasteiger partial charge >= 0.3 is 5.97 Å². The summed E-state index contributed by atoms with van der Waals surface area (Å²) in [6.45, 7) is 0. The van der Waals surface area contributed by atoms with E-state index in [0.717, 1.165) is 17.8 Å². The maximum Gasteiger partial charge on any atom is 0.347 e. The first-order chi connectivity index (χ1) is 7.92. The molecule has 2 atom stereocenters. The summed E-state index contributed by atoms with van der Waals surface area (Å²) in [6, 6.07) is 0.818. The maximum atomic E-state index is 11.9. The summed E-state index contributed by atoms with van der Waals surface area (Å²) in [5.41, 5.74) is 5.64. The lowest BCUT2D eigenvalue weighted by Gasteiger charge is -2.33. The molecule has 0 unspecified atom stereocenters. The van der Waals surface area contributed by atoms with Crippen molar-refractivity contribution in [3.05, 3.63) is 16.3 Å². The van der Waals surface area contributed by atoms with Crippen LogP contribution >= 0.6 is 11.3 Å². The molecule has 1 aromatic rings. The number of aromatic carboxylic acids is 1. The van der Waals surface area contributed by atoms with E-state index < -0.39 is 16.0 Å². The first-order valence-corrected chi connectivity index (χ1v) is 7.37. The molecule has 17 heavy (non-hydrogen) atoms. The molecule has 2 rings (SSSR count). The second kappa shape index (κ2) is 4.37. The number of nitrogens with one attached hydrogen (secondary N) is 1. The summed E-state index contributed by atoms with van der Waals surface area (Å²) in [4.78, 5) is 10.5. The highest BCUT2D eigenvalue weighted by molar-refractivity contribution is 7.89. The highest BCUT2D eigenvalue weighted by Gasteiger charge is 2.33. The fraction of sp³-hybridized carbons (Fsp3) is 0.444. The van der Waals surface area contributed by atoms with E-state index in [1.807, 2.05) is 0 Å². The van der Waals surface area contributed by atoms with Crippen LogP contribution in [0.1, 0.15) is 22.5 Å². The number of sulfonamides is 1. The molecular formula is C9H12N2O4S2. The van der Waals surface area contributed by atoms with Crippen LogP contribution in [0.15, 0.2) is 16.3 Å². The van der Waals surface area contributed by atoms with E-state index in [0.29, 0.717) is 6.42 Å². The molecule has 1 aliphatic rings. The Kier molecular flexibility index (Phi) is 3.21. The minimum atomic E-state index is -3.79. The van der Waals surface area contributed by atoms with Crippen molar-refractivity contribution in [3.63, 3.8) is 0 Å². The van der Waals surface area contributed by atoms with Crippen molar-refractivity contribution in [2.24, 2.45) is 5.73 Å². The number of carboxylic acid groups (broad SMARTS) is 1. The lowest BCUT2D eigenvalue weighted by atomic mass is 9.88. The first-order valence-electron chi connectivity index (χ1n) is 5.00. The van der Waals surface area contributed by atoms with Crippen LogP contribution in [0, 0.1) is 0 Å². The predicted molar refractivity (Wildman–Crippen MR) is 62.6 cm³/mol. The van der Waals surface area contributed by atoms with Crippen LogP contribution in [0.2, 0.25) is 0 Å². The minimum Gasteiger partial charge on any atom is -0.477 e. The molecule has 4 N–H and O–H groups in total. The Labute approximate surface area is 102 Å². The normalized spacial score (nSPS) is 24.3. The molecule has 0 bridgehead atoms. The van der Waals surface area contributed by atoms with Crippen LogP contribution in [0.5, 0.6) is 0 Å². The van der Waals surface area contributed by atoms with Crippen molar-refractivity contribution in [2.75, 3.05) is 0 Å². The van der Waals surface area contributed by atoms with Gasteiger partial charge in [0.05, 0.1) is 0 Å². The summed E-state index contributed by atoms with van der Waals surface area (Å²) in [5.74, 6) is -1.24. The second-order valence-electron chi connectivity index (χ2n) is 3.89. The fourth-order valence-corrected chi connectivity index (χ4v) is 4.18. The number of carboxylic acids is 1. The summed E-state index contributed by atoms with van der Waals surface area (Å²) < 4.78 is 26.3. The molecule has 0 amide bonds. The Morgan fingerprint density at radius 1 is 1.53 bits per heavy atom. The zero-order valence-electron chi connectivity index (χ0n) is 8.79. The average molecular weight is 276 g/mol. The van der Waals surface area contributed by atoms with Gasteiger partial charge in [-0.05, 0) is 24.3 Å². The molecule has 1 saturated carbocycles. The zero-order valence-corrected chi connectivity index (χ0v) is 10.4. The van der Waals surface area contributed by atoms with Gasteiger partial charge in [0.1, 0.15) is 9.77 Å². The van der Waals surface area contributed by atoms with Crippen LogP contribution in [-0.4, -0.2) is 31.6 Å². The topological polar surface area (TPSA) is 109 Å². The summed E-state index contributed by atoms with van der Waals surface area (Å²) in [5, 5.41) is 10.3. The number of hydrogen-bond acceptors (Lipinski definition) is 5. The lowest BCUT2D eigenvalue weighted by molar-refractivity contribution is 0.0698. The molecule has 1 heterocycles. The third-order valence-corrected chi connectivity index (χ3v) is 5.31. The molecule has 0 aliphatic heterocycles. The Bertz CT molecular complexity index is 537. The number of nitrogens with two attached hydrogens (primary N) is 1. The standard InChI is InChI=1S/C9H12N2O4S2/c10-5-1-2-6(5)11-17(14,15)7-3-4-16-8(7)9(12)13/h3-6,11H,1-2,10H2,(H,12,13)/t5-,6+/m1/s1. The van der Waals surface area contributed by atoms with E-state index in [-0.39, 0.29) is 21.9 Å². The summed E-state index contributed by atoms with van der Waals surface area (Å²) >= 11 is 0.888. The van der Waals surface area contributed by atoms with Crippen molar-refractivity contribution >= 4 is 27.3 Å². The van der Waals surface area contributed by atoms with E-state index in [9.17, 15) is 13.2 Å². The Morgan fingerprint density at radius 2 is 2.24 bits per heavy atom. The molecule has 0 spiro atoms. The van der Waals surface area contributed by atoms with Crippen LogP contribution in [0.4, 0.5) is 0 Å². The van der Waals surface area contributed by atoms with Crippen LogP contribution in [0.25, 0.3) is 0 Å².